The Bertz CT molecular complexity index is 495. The first kappa shape index (κ1) is 12.4. The third-order valence-electron chi connectivity index (χ3n) is 2.53. The summed E-state index contributed by atoms with van der Waals surface area (Å²) in [5, 5.41) is 1.58. The van der Waals surface area contributed by atoms with Crippen LogP contribution in [0.15, 0.2) is 28.7 Å². The fourth-order valence-electron chi connectivity index (χ4n) is 1.67. The van der Waals surface area contributed by atoms with Gasteiger partial charge in [-0.2, -0.15) is 0 Å². The quantitative estimate of drug-likeness (QED) is 0.830. The molecule has 1 atom stereocenters. The lowest BCUT2D eigenvalue weighted by Gasteiger charge is -2.08. The van der Waals surface area contributed by atoms with Gasteiger partial charge in [-0.05, 0) is 18.6 Å². The summed E-state index contributed by atoms with van der Waals surface area (Å²) in [6, 6.07) is 7.32. The molecular formula is C13H16ClNO2. The zero-order valence-corrected chi connectivity index (χ0v) is 10.5. The van der Waals surface area contributed by atoms with Gasteiger partial charge in [0.05, 0.1) is 17.7 Å². The highest BCUT2D eigenvalue weighted by molar-refractivity contribution is 6.34. The van der Waals surface area contributed by atoms with Crippen molar-refractivity contribution in [3.05, 3.63) is 35.0 Å². The Morgan fingerprint density at radius 1 is 1.47 bits per heavy atom. The van der Waals surface area contributed by atoms with E-state index in [0.717, 1.165) is 11.8 Å². The maximum Gasteiger partial charge on any atom is 0.152 e. The predicted molar refractivity (Wildman–Crippen MR) is 69.3 cm³/mol. The molecule has 17 heavy (non-hydrogen) atoms. The molecule has 92 valence electrons. The number of furan rings is 1. The number of hydrogen-bond acceptors (Lipinski definition) is 3. The number of fused-ring (bicyclic) bond motifs is 1. The molecule has 1 heterocycles. The van der Waals surface area contributed by atoms with Crippen LogP contribution in [0.5, 0.6) is 0 Å². The fraction of sp³-hybridized carbons (Fsp3) is 0.385. The van der Waals surface area contributed by atoms with Gasteiger partial charge in [0.2, 0.25) is 0 Å². The van der Waals surface area contributed by atoms with E-state index >= 15 is 0 Å². The first-order valence-electron chi connectivity index (χ1n) is 5.73. The molecule has 0 amide bonds. The van der Waals surface area contributed by atoms with Gasteiger partial charge in [-0.1, -0.05) is 30.7 Å². The zero-order valence-electron chi connectivity index (χ0n) is 9.78. The average molecular weight is 254 g/mol. The van der Waals surface area contributed by atoms with Crippen LogP contribution in [-0.2, 0) is 4.74 Å². The number of hydrogen-bond donors (Lipinski definition) is 1. The van der Waals surface area contributed by atoms with Crippen molar-refractivity contribution < 1.29 is 9.15 Å². The maximum absolute atomic E-state index is 6.04. The van der Waals surface area contributed by atoms with Crippen LogP contribution in [0.1, 0.15) is 25.1 Å². The Hall–Kier alpha value is -1.03. The van der Waals surface area contributed by atoms with Gasteiger partial charge in [0.25, 0.3) is 0 Å². The minimum Gasteiger partial charge on any atom is -0.458 e. The summed E-state index contributed by atoms with van der Waals surface area (Å²) in [7, 11) is 0. The standard InChI is InChI=1S/C13H16ClNO2/c1-2-6-16-8-11(15)12-7-9-4-3-5-10(14)13(9)17-12/h3-5,7,11H,2,6,8,15H2,1H3. The maximum atomic E-state index is 6.04. The number of para-hydroxylation sites is 1. The van der Waals surface area contributed by atoms with Gasteiger partial charge >= 0.3 is 0 Å². The smallest absolute Gasteiger partial charge is 0.152 e. The van der Waals surface area contributed by atoms with Crippen LogP contribution in [0.25, 0.3) is 11.0 Å². The molecule has 2 aromatic rings. The number of ether oxygens (including phenoxy) is 1. The molecule has 0 aliphatic rings. The van der Waals surface area contributed by atoms with E-state index in [9.17, 15) is 0 Å². The Kier molecular flexibility index (Phi) is 4.05. The second-order valence-electron chi connectivity index (χ2n) is 3.99. The van der Waals surface area contributed by atoms with Gasteiger partial charge < -0.3 is 14.9 Å². The molecule has 2 rings (SSSR count). The molecule has 3 nitrogen and oxygen atoms in total. The second kappa shape index (κ2) is 5.54. The Labute approximate surface area is 105 Å². The first-order valence-corrected chi connectivity index (χ1v) is 6.11. The van der Waals surface area contributed by atoms with E-state index in [4.69, 9.17) is 26.5 Å². The van der Waals surface area contributed by atoms with Gasteiger partial charge in [0.1, 0.15) is 5.76 Å². The minimum atomic E-state index is -0.245. The lowest BCUT2D eigenvalue weighted by atomic mass is 10.2. The van der Waals surface area contributed by atoms with Crippen LogP contribution in [0.2, 0.25) is 5.02 Å². The van der Waals surface area contributed by atoms with E-state index in [-0.39, 0.29) is 6.04 Å². The summed E-state index contributed by atoms with van der Waals surface area (Å²) < 4.78 is 11.1. The molecule has 2 N–H and O–H groups in total. The highest BCUT2D eigenvalue weighted by Crippen LogP contribution is 2.28. The Morgan fingerprint density at radius 3 is 3.00 bits per heavy atom. The molecule has 1 aromatic carbocycles. The number of halogens is 1. The van der Waals surface area contributed by atoms with Crippen molar-refractivity contribution in [1.29, 1.82) is 0 Å². The zero-order chi connectivity index (χ0) is 12.3. The summed E-state index contributed by atoms with van der Waals surface area (Å²) >= 11 is 6.04. The van der Waals surface area contributed by atoms with Crippen molar-refractivity contribution in [2.24, 2.45) is 5.73 Å². The third-order valence-corrected chi connectivity index (χ3v) is 2.82. The van der Waals surface area contributed by atoms with Crippen LogP contribution in [-0.4, -0.2) is 13.2 Å². The van der Waals surface area contributed by atoms with Gasteiger partial charge in [0.15, 0.2) is 5.58 Å². The van der Waals surface area contributed by atoms with Gasteiger partial charge in [-0.25, -0.2) is 0 Å². The monoisotopic (exact) mass is 253 g/mol. The predicted octanol–water partition coefficient (Wildman–Crippen LogP) is 3.51. The van der Waals surface area contributed by atoms with Crippen molar-refractivity contribution in [2.45, 2.75) is 19.4 Å². The molecule has 0 aliphatic heterocycles. The van der Waals surface area contributed by atoms with Crippen molar-refractivity contribution in [2.75, 3.05) is 13.2 Å². The fourth-order valence-corrected chi connectivity index (χ4v) is 1.89. The molecular weight excluding hydrogens is 238 g/mol. The normalized spacial score (nSPS) is 13.1. The van der Waals surface area contributed by atoms with E-state index < -0.39 is 0 Å². The van der Waals surface area contributed by atoms with Crippen molar-refractivity contribution in [3.63, 3.8) is 0 Å². The van der Waals surface area contributed by atoms with Crippen LogP contribution in [0.3, 0.4) is 0 Å². The molecule has 0 radical (unpaired) electrons. The third kappa shape index (κ3) is 2.80. The first-order chi connectivity index (χ1) is 8.22. The largest absolute Gasteiger partial charge is 0.458 e. The van der Waals surface area contributed by atoms with Crippen molar-refractivity contribution in [1.82, 2.24) is 0 Å². The van der Waals surface area contributed by atoms with E-state index in [2.05, 4.69) is 6.92 Å². The van der Waals surface area contributed by atoms with E-state index in [1.165, 1.54) is 0 Å². The molecule has 0 fully saturated rings. The number of rotatable bonds is 5. The molecule has 1 unspecified atom stereocenters. The molecule has 0 bridgehead atoms. The topological polar surface area (TPSA) is 48.4 Å². The van der Waals surface area contributed by atoms with Crippen LogP contribution < -0.4 is 5.73 Å². The highest BCUT2D eigenvalue weighted by Gasteiger charge is 2.13. The van der Waals surface area contributed by atoms with Crippen LogP contribution >= 0.6 is 11.6 Å². The molecule has 0 spiro atoms. The van der Waals surface area contributed by atoms with Gasteiger partial charge in [-0.3, -0.25) is 0 Å². The summed E-state index contributed by atoms with van der Waals surface area (Å²) in [4.78, 5) is 0. The summed E-state index contributed by atoms with van der Waals surface area (Å²) in [5.74, 6) is 0.712. The minimum absolute atomic E-state index is 0.245. The summed E-state index contributed by atoms with van der Waals surface area (Å²) in [5.41, 5.74) is 6.68. The van der Waals surface area contributed by atoms with Crippen LogP contribution in [0, 0.1) is 0 Å². The van der Waals surface area contributed by atoms with Crippen LogP contribution in [0.4, 0.5) is 0 Å². The second-order valence-corrected chi connectivity index (χ2v) is 4.40. The van der Waals surface area contributed by atoms with Gasteiger partial charge in [-0.15, -0.1) is 0 Å². The number of nitrogens with two attached hydrogens (primary N) is 1. The van der Waals surface area contributed by atoms with E-state index in [1.807, 2.05) is 18.2 Å². The number of benzene rings is 1. The summed E-state index contributed by atoms with van der Waals surface area (Å²) in [6.07, 6.45) is 0.985. The Balaban J connectivity index is 2.16. The Morgan fingerprint density at radius 2 is 2.29 bits per heavy atom. The lowest BCUT2D eigenvalue weighted by Crippen LogP contribution is -2.16. The average Bonchev–Trinajstić information content (AvgIpc) is 2.75. The SMILES string of the molecule is CCCOCC(N)c1cc2cccc(Cl)c2o1. The van der Waals surface area contributed by atoms with Crippen molar-refractivity contribution in [3.8, 4) is 0 Å². The molecule has 1 aromatic heterocycles. The molecule has 4 heteroatoms. The molecule has 0 saturated carbocycles. The summed E-state index contributed by atoms with van der Waals surface area (Å²) in [6.45, 7) is 3.24. The highest BCUT2D eigenvalue weighted by atomic mass is 35.5. The van der Waals surface area contributed by atoms with E-state index in [0.29, 0.717) is 29.6 Å². The van der Waals surface area contributed by atoms with E-state index in [1.54, 1.807) is 6.07 Å². The molecule has 0 saturated heterocycles. The lowest BCUT2D eigenvalue weighted by molar-refractivity contribution is 0.117. The van der Waals surface area contributed by atoms with Crippen molar-refractivity contribution >= 4 is 22.6 Å². The van der Waals surface area contributed by atoms with Gasteiger partial charge in [0, 0.05) is 12.0 Å². The molecule has 0 aliphatic carbocycles.